The Bertz CT molecular complexity index is 1020. The molecule has 2 heterocycles. The van der Waals surface area contributed by atoms with Gasteiger partial charge >= 0.3 is 0 Å². The van der Waals surface area contributed by atoms with Gasteiger partial charge in [0.2, 0.25) is 0 Å². The molecule has 0 N–H and O–H groups in total. The van der Waals surface area contributed by atoms with Crippen molar-refractivity contribution in [1.82, 2.24) is 15.2 Å². The van der Waals surface area contributed by atoms with Crippen LogP contribution in [0.4, 0.5) is 0 Å². The van der Waals surface area contributed by atoms with Gasteiger partial charge in [0.15, 0.2) is 6.61 Å². The molecule has 0 bridgehead atoms. The number of carbonyl (C=O) groups excluding carboxylic acids is 1. The molecule has 0 saturated heterocycles. The van der Waals surface area contributed by atoms with E-state index in [-0.39, 0.29) is 18.3 Å². The molecule has 8 heteroatoms. The molecule has 0 spiro atoms. The maximum atomic E-state index is 12.4. The van der Waals surface area contributed by atoms with E-state index in [2.05, 4.69) is 15.3 Å². The fourth-order valence-corrected chi connectivity index (χ4v) is 3.52. The first-order valence-corrected chi connectivity index (χ1v) is 10.2. The number of hydrazone groups is 1. The smallest absolute Gasteiger partial charge is 0.277 e. The zero-order chi connectivity index (χ0) is 20.1. The Labute approximate surface area is 172 Å². The Balaban J connectivity index is 1.27. The molecule has 0 radical (unpaired) electrons. The van der Waals surface area contributed by atoms with Gasteiger partial charge in [0.05, 0.1) is 18.0 Å². The van der Waals surface area contributed by atoms with Crippen molar-refractivity contribution in [1.29, 1.82) is 0 Å². The molecule has 29 heavy (non-hydrogen) atoms. The summed E-state index contributed by atoms with van der Waals surface area (Å²) in [5.74, 6) is 1.21. The summed E-state index contributed by atoms with van der Waals surface area (Å²) < 4.78 is 11.2. The molecule has 3 aromatic rings. The second-order valence-corrected chi connectivity index (χ2v) is 7.46. The summed E-state index contributed by atoms with van der Waals surface area (Å²) in [6.07, 6.45) is 0.751. The SMILES string of the molecule is Cc1cccc(OCc2nnc(SCC(=O)N3CCC(c4ccccc4)=N3)o2)c1. The third-order valence-electron chi connectivity index (χ3n) is 4.32. The van der Waals surface area contributed by atoms with Gasteiger partial charge in [0.1, 0.15) is 5.75 Å². The normalized spacial score (nSPS) is 13.4. The molecule has 1 aliphatic heterocycles. The number of benzene rings is 2. The van der Waals surface area contributed by atoms with Crippen molar-refractivity contribution in [3.8, 4) is 5.75 Å². The van der Waals surface area contributed by atoms with Gasteiger partial charge in [-0.15, -0.1) is 10.2 Å². The van der Waals surface area contributed by atoms with E-state index in [0.717, 1.165) is 29.0 Å². The van der Waals surface area contributed by atoms with Crippen LogP contribution in [0.15, 0.2) is 69.3 Å². The monoisotopic (exact) mass is 408 g/mol. The molecule has 4 rings (SSSR count). The largest absolute Gasteiger partial charge is 0.484 e. The highest BCUT2D eigenvalue weighted by Crippen LogP contribution is 2.20. The van der Waals surface area contributed by atoms with Crippen molar-refractivity contribution in [3.63, 3.8) is 0 Å². The summed E-state index contributed by atoms with van der Waals surface area (Å²) in [7, 11) is 0. The summed E-state index contributed by atoms with van der Waals surface area (Å²) in [5, 5.41) is 14.2. The third-order valence-corrected chi connectivity index (χ3v) is 5.12. The number of aromatic nitrogens is 2. The number of aryl methyl sites for hydroxylation is 1. The van der Waals surface area contributed by atoms with Gasteiger partial charge < -0.3 is 9.15 Å². The Morgan fingerprint density at radius 2 is 2.03 bits per heavy atom. The molecular formula is C21H20N4O3S. The molecule has 0 unspecified atom stereocenters. The first-order chi connectivity index (χ1) is 14.2. The van der Waals surface area contributed by atoms with E-state index < -0.39 is 0 Å². The van der Waals surface area contributed by atoms with E-state index in [9.17, 15) is 4.79 Å². The van der Waals surface area contributed by atoms with Gasteiger partial charge in [0.25, 0.3) is 17.0 Å². The molecule has 0 atom stereocenters. The van der Waals surface area contributed by atoms with Crippen LogP contribution >= 0.6 is 11.8 Å². The molecule has 148 valence electrons. The summed E-state index contributed by atoms with van der Waals surface area (Å²) in [4.78, 5) is 12.4. The van der Waals surface area contributed by atoms with Crippen LogP contribution in [-0.2, 0) is 11.4 Å². The lowest BCUT2D eigenvalue weighted by atomic mass is 10.1. The molecule has 7 nitrogen and oxygen atoms in total. The Morgan fingerprint density at radius 1 is 1.17 bits per heavy atom. The van der Waals surface area contributed by atoms with Crippen LogP contribution < -0.4 is 4.74 Å². The average Bonchev–Trinajstić information content (AvgIpc) is 3.41. The molecule has 1 aliphatic rings. The van der Waals surface area contributed by atoms with Crippen molar-refractivity contribution in [2.45, 2.75) is 25.2 Å². The number of nitrogens with zero attached hydrogens (tertiary/aromatic N) is 4. The molecule has 1 aromatic heterocycles. The van der Waals surface area contributed by atoms with Gasteiger partial charge in [-0.3, -0.25) is 4.79 Å². The zero-order valence-electron chi connectivity index (χ0n) is 15.9. The van der Waals surface area contributed by atoms with E-state index in [1.54, 1.807) is 0 Å². The van der Waals surface area contributed by atoms with Crippen molar-refractivity contribution < 1.29 is 13.9 Å². The first-order valence-electron chi connectivity index (χ1n) is 9.25. The molecule has 1 amide bonds. The maximum Gasteiger partial charge on any atom is 0.277 e. The van der Waals surface area contributed by atoms with Crippen LogP contribution in [0, 0.1) is 6.92 Å². The molecule has 0 aliphatic carbocycles. The zero-order valence-corrected chi connectivity index (χ0v) is 16.8. The van der Waals surface area contributed by atoms with E-state index in [4.69, 9.17) is 9.15 Å². The van der Waals surface area contributed by atoms with Crippen LogP contribution in [0.1, 0.15) is 23.4 Å². The van der Waals surface area contributed by atoms with Gasteiger partial charge in [-0.05, 0) is 30.2 Å². The number of hydrogen-bond acceptors (Lipinski definition) is 7. The molecular weight excluding hydrogens is 388 g/mol. The standard InChI is InChI=1S/C21H20N4O3S/c1-15-6-5-9-17(12-15)27-13-19-22-23-21(28-19)29-14-20(26)25-11-10-18(24-25)16-7-3-2-4-8-16/h2-9,12H,10-11,13-14H2,1H3. The number of carbonyl (C=O) groups is 1. The van der Waals surface area contributed by atoms with Gasteiger partial charge in [-0.25, -0.2) is 5.01 Å². The lowest BCUT2D eigenvalue weighted by molar-refractivity contribution is -0.127. The van der Waals surface area contributed by atoms with Gasteiger partial charge in [0, 0.05) is 6.42 Å². The van der Waals surface area contributed by atoms with Gasteiger partial charge in [-0.2, -0.15) is 5.10 Å². The van der Waals surface area contributed by atoms with E-state index in [1.165, 1.54) is 16.8 Å². The Kier molecular flexibility index (Phi) is 5.90. The number of hydrogen-bond donors (Lipinski definition) is 0. The van der Waals surface area contributed by atoms with E-state index in [0.29, 0.717) is 17.7 Å². The number of ether oxygens (including phenoxy) is 1. The molecule has 0 fully saturated rings. The van der Waals surface area contributed by atoms with Crippen LogP contribution in [0.3, 0.4) is 0 Å². The van der Waals surface area contributed by atoms with Crippen LogP contribution in [-0.4, -0.2) is 39.1 Å². The van der Waals surface area contributed by atoms with Crippen LogP contribution in [0.2, 0.25) is 0 Å². The lowest BCUT2D eigenvalue weighted by Gasteiger charge is -2.09. The topological polar surface area (TPSA) is 80.8 Å². The predicted octanol–water partition coefficient (Wildman–Crippen LogP) is 3.69. The Hall–Kier alpha value is -3.13. The maximum absolute atomic E-state index is 12.4. The summed E-state index contributed by atoms with van der Waals surface area (Å²) >= 11 is 1.20. The summed E-state index contributed by atoms with van der Waals surface area (Å²) in [6, 6.07) is 17.6. The lowest BCUT2D eigenvalue weighted by Crippen LogP contribution is -2.25. The minimum absolute atomic E-state index is 0.0864. The highest BCUT2D eigenvalue weighted by Gasteiger charge is 2.22. The second kappa shape index (κ2) is 8.91. The third kappa shape index (κ3) is 5.03. The second-order valence-electron chi connectivity index (χ2n) is 6.54. The quantitative estimate of drug-likeness (QED) is 0.555. The van der Waals surface area contributed by atoms with Crippen molar-refractivity contribution in [2.24, 2.45) is 5.10 Å². The minimum Gasteiger partial charge on any atom is -0.484 e. The first kappa shape index (κ1) is 19.2. The van der Waals surface area contributed by atoms with Crippen LogP contribution in [0.5, 0.6) is 5.75 Å². The minimum atomic E-state index is -0.0864. The number of thioether (sulfide) groups is 1. The fourth-order valence-electron chi connectivity index (χ4n) is 2.87. The predicted molar refractivity (Wildman–Crippen MR) is 110 cm³/mol. The van der Waals surface area contributed by atoms with Crippen molar-refractivity contribution in [3.05, 3.63) is 71.6 Å². The van der Waals surface area contributed by atoms with E-state index in [1.807, 2.05) is 61.5 Å². The van der Waals surface area contributed by atoms with Crippen molar-refractivity contribution >= 4 is 23.4 Å². The fraction of sp³-hybridized carbons (Fsp3) is 0.238. The van der Waals surface area contributed by atoms with Crippen molar-refractivity contribution in [2.75, 3.05) is 12.3 Å². The number of rotatable bonds is 7. The molecule has 0 saturated carbocycles. The summed E-state index contributed by atoms with van der Waals surface area (Å²) in [5.41, 5.74) is 3.09. The number of amides is 1. The highest BCUT2D eigenvalue weighted by molar-refractivity contribution is 7.99. The summed E-state index contributed by atoms with van der Waals surface area (Å²) in [6.45, 7) is 2.77. The highest BCUT2D eigenvalue weighted by atomic mass is 32.2. The Morgan fingerprint density at radius 3 is 2.86 bits per heavy atom. The molecule has 2 aromatic carbocycles. The van der Waals surface area contributed by atoms with Crippen LogP contribution in [0.25, 0.3) is 0 Å². The average molecular weight is 408 g/mol. The van der Waals surface area contributed by atoms with Gasteiger partial charge in [-0.1, -0.05) is 54.2 Å². The van der Waals surface area contributed by atoms with E-state index >= 15 is 0 Å².